The van der Waals surface area contributed by atoms with E-state index in [1.807, 2.05) is 41.3 Å². The van der Waals surface area contributed by atoms with Crippen molar-refractivity contribution in [3.63, 3.8) is 0 Å². The molecule has 27 heavy (non-hydrogen) atoms. The quantitative estimate of drug-likeness (QED) is 0.829. The highest BCUT2D eigenvalue weighted by Gasteiger charge is 2.61. The fourth-order valence-electron chi connectivity index (χ4n) is 4.30. The van der Waals surface area contributed by atoms with E-state index in [2.05, 4.69) is 18.2 Å². The zero-order valence-corrected chi connectivity index (χ0v) is 16.3. The van der Waals surface area contributed by atoms with Crippen LogP contribution < -0.4 is 10.5 Å². The minimum atomic E-state index is -0.0223. The zero-order chi connectivity index (χ0) is 18.0. The van der Waals surface area contributed by atoms with Crippen molar-refractivity contribution < 1.29 is 9.53 Å². The van der Waals surface area contributed by atoms with Gasteiger partial charge in [-0.2, -0.15) is 0 Å². The van der Waals surface area contributed by atoms with E-state index in [0.29, 0.717) is 19.7 Å². The smallest absolute Gasteiger partial charge is 0.226 e. The Labute approximate surface area is 167 Å². The Morgan fingerprint density at radius 2 is 1.85 bits per heavy atom. The number of amides is 1. The van der Waals surface area contributed by atoms with Gasteiger partial charge in [0.25, 0.3) is 0 Å². The lowest BCUT2D eigenvalue weighted by Gasteiger charge is -2.29. The van der Waals surface area contributed by atoms with Crippen molar-refractivity contribution in [1.82, 2.24) is 4.90 Å². The molecule has 4 rings (SSSR count). The average molecular weight is 387 g/mol. The Balaban J connectivity index is 0.00000210. The number of benzene rings is 2. The SMILES string of the molecule is Cl.NCCN(CCc1ccccc1)C(=O)C1CC12CCOc1ccccc12. The Morgan fingerprint density at radius 3 is 2.63 bits per heavy atom. The molecule has 144 valence electrons. The second-order valence-corrected chi connectivity index (χ2v) is 7.36. The van der Waals surface area contributed by atoms with Gasteiger partial charge in [0.2, 0.25) is 5.91 Å². The molecule has 1 amide bonds. The number of nitrogens with two attached hydrogens (primary N) is 1. The van der Waals surface area contributed by atoms with Gasteiger partial charge in [0.05, 0.1) is 6.61 Å². The van der Waals surface area contributed by atoms with Crippen LogP contribution in [0.3, 0.4) is 0 Å². The van der Waals surface area contributed by atoms with Crippen LogP contribution in [0.4, 0.5) is 0 Å². The lowest BCUT2D eigenvalue weighted by molar-refractivity contribution is -0.133. The predicted molar refractivity (Wildman–Crippen MR) is 109 cm³/mol. The van der Waals surface area contributed by atoms with Gasteiger partial charge in [-0.25, -0.2) is 0 Å². The van der Waals surface area contributed by atoms with Crippen LogP contribution in [0, 0.1) is 5.92 Å². The van der Waals surface area contributed by atoms with Gasteiger partial charge < -0.3 is 15.4 Å². The molecule has 1 fully saturated rings. The topological polar surface area (TPSA) is 55.6 Å². The van der Waals surface area contributed by atoms with E-state index < -0.39 is 0 Å². The Kier molecular flexibility index (Phi) is 6.08. The van der Waals surface area contributed by atoms with Crippen molar-refractivity contribution in [3.8, 4) is 5.75 Å². The van der Waals surface area contributed by atoms with Gasteiger partial charge >= 0.3 is 0 Å². The van der Waals surface area contributed by atoms with Gasteiger partial charge in [-0.05, 0) is 30.9 Å². The first-order chi connectivity index (χ1) is 12.7. The third-order valence-corrected chi connectivity index (χ3v) is 5.83. The molecule has 1 heterocycles. The molecule has 2 aromatic carbocycles. The number of halogens is 1. The molecule has 0 bridgehead atoms. The van der Waals surface area contributed by atoms with Crippen LogP contribution in [0.15, 0.2) is 54.6 Å². The van der Waals surface area contributed by atoms with Gasteiger partial charge in [0, 0.05) is 36.5 Å². The van der Waals surface area contributed by atoms with Gasteiger partial charge in [0.15, 0.2) is 0 Å². The maximum absolute atomic E-state index is 13.2. The summed E-state index contributed by atoms with van der Waals surface area (Å²) in [5.41, 5.74) is 8.23. The molecule has 2 atom stereocenters. The van der Waals surface area contributed by atoms with Crippen molar-refractivity contribution in [1.29, 1.82) is 0 Å². The molecule has 0 saturated heterocycles. The van der Waals surface area contributed by atoms with Crippen molar-refractivity contribution in [2.75, 3.05) is 26.2 Å². The molecule has 2 N–H and O–H groups in total. The van der Waals surface area contributed by atoms with Crippen molar-refractivity contribution in [3.05, 3.63) is 65.7 Å². The maximum Gasteiger partial charge on any atom is 0.226 e. The lowest BCUT2D eigenvalue weighted by atomic mass is 9.87. The molecule has 1 aliphatic heterocycles. The molecule has 2 aromatic rings. The third-order valence-electron chi connectivity index (χ3n) is 5.83. The Morgan fingerprint density at radius 1 is 1.11 bits per heavy atom. The number of hydrogen-bond acceptors (Lipinski definition) is 3. The minimum absolute atomic E-state index is 0. The van der Waals surface area contributed by atoms with Gasteiger partial charge in [0.1, 0.15) is 5.75 Å². The van der Waals surface area contributed by atoms with Crippen LogP contribution >= 0.6 is 12.4 Å². The summed E-state index contributed by atoms with van der Waals surface area (Å²) >= 11 is 0. The maximum atomic E-state index is 13.2. The van der Waals surface area contributed by atoms with Crippen LogP contribution in [-0.4, -0.2) is 37.0 Å². The highest BCUT2D eigenvalue weighted by molar-refractivity contribution is 5.85. The number of carbonyl (C=O) groups is 1. The first kappa shape index (κ1) is 19.7. The lowest BCUT2D eigenvalue weighted by Crippen LogP contribution is -2.39. The molecule has 0 aromatic heterocycles. The molecule has 2 aliphatic rings. The average Bonchev–Trinajstić information content (AvgIpc) is 3.40. The first-order valence-corrected chi connectivity index (χ1v) is 9.50. The number of para-hydroxylation sites is 1. The van der Waals surface area contributed by atoms with Crippen LogP contribution in [0.25, 0.3) is 0 Å². The molecule has 2 unspecified atom stereocenters. The van der Waals surface area contributed by atoms with Crippen LogP contribution in [-0.2, 0) is 16.6 Å². The van der Waals surface area contributed by atoms with Crippen LogP contribution in [0.2, 0.25) is 0 Å². The molecular weight excluding hydrogens is 360 g/mol. The standard InChI is InChI=1S/C22H26N2O2.ClH/c23-12-14-24(13-10-17-6-2-1-3-7-17)21(25)19-16-22(19)11-15-26-20-9-5-4-8-18(20)22;/h1-9,19H,10-16,23H2;1H. The van der Waals surface area contributed by atoms with Gasteiger partial charge in [-0.1, -0.05) is 48.5 Å². The summed E-state index contributed by atoms with van der Waals surface area (Å²) in [6, 6.07) is 18.5. The minimum Gasteiger partial charge on any atom is -0.493 e. The van der Waals surface area contributed by atoms with Crippen molar-refractivity contribution in [2.24, 2.45) is 11.7 Å². The number of hydrogen-bond donors (Lipinski definition) is 1. The molecule has 4 nitrogen and oxygen atoms in total. The second-order valence-electron chi connectivity index (χ2n) is 7.36. The molecule has 5 heteroatoms. The van der Waals surface area contributed by atoms with E-state index in [9.17, 15) is 4.79 Å². The highest BCUT2D eigenvalue weighted by Crippen LogP contribution is 2.61. The van der Waals surface area contributed by atoms with E-state index in [0.717, 1.165) is 31.6 Å². The number of ether oxygens (including phenoxy) is 1. The normalized spacial score (nSPS) is 22.3. The van der Waals surface area contributed by atoms with Crippen molar-refractivity contribution >= 4 is 18.3 Å². The van der Waals surface area contributed by atoms with Crippen LogP contribution in [0.1, 0.15) is 24.0 Å². The molecule has 0 radical (unpaired) electrons. The van der Waals surface area contributed by atoms with E-state index in [-0.39, 0.29) is 29.6 Å². The largest absolute Gasteiger partial charge is 0.493 e. The molecule has 1 saturated carbocycles. The zero-order valence-electron chi connectivity index (χ0n) is 15.5. The van der Waals surface area contributed by atoms with Gasteiger partial charge in [-0.3, -0.25) is 4.79 Å². The number of carbonyl (C=O) groups excluding carboxylic acids is 1. The fourth-order valence-corrected chi connectivity index (χ4v) is 4.30. The molecule has 1 aliphatic carbocycles. The van der Waals surface area contributed by atoms with Gasteiger partial charge in [-0.15, -0.1) is 12.4 Å². The summed E-state index contributed by atoms with van der Waals surface area (Å²) in [4.78, 5) is 15.2. The number of rotatable bonds is 6. The summed E-state index contributed by atoms with van der Waals surface area (Å²) in [6.07, 6.45) is 2.72. The Bertz CT molecular complexity index is 783. The first-order valence-electron chi connectivity index (χ1n) is 9.50. The summed E-state index contributed by atoms with van der Waals surface area (Å²) in [5.74, 6) is 1.27. The highest BCUT2D eigenvalue weighted by atomic mass is 35.5. The van der Waals surface area contributed by atoms with E-state index in [1.165, 1.54) is 11.1 Å². The molecular formula is C22H27ClN2O2. The third kappa shape index (κ3) is 3.83. The summed E-state index contributed by atoms with van der Waals surface area (Å²) in [7, 11) is 0. The Hall–Kier alpha value is -2.04. The predicted octanol–water partition coefficient (Wildman–Crippen LogP) is 3.18. The molecule has 1 spiro atoms. The monoisotopic (exact) mass is 386 g/mol. The fraction of sp³-hybridized carbons (Fsp3) is 0.409. The van der Waals surface area contributed by atoms with E-state index >= 15 is 0 Å². The summed E-state index contributed by atoms with van der Waals surface area (Å²) < 4.78 is 5.80. The summed E-state index contributed by atoms with van der Waals surface area (Å²) in [6.45, 7) is 2.54. The van der Waals surface area contributed by atoms with Crippen molar-refractivity contribution in [2.45, 2.75) is 24.7 Å². The number of fused-ring (bicyclic) bond motifs is 2. The summed E-state index contributed by atoms with van der Waals surface area (Å²) in [5, 5.41) is 0. The van der Waals surface area contributed by atoms with E-state index in [4.69, 9.17) is 10.5 Å². The second kappa shape index (κ2) is 8.32. The van der Waals surface area contributed by atoms with Crippen LogP contribution in [0.5, 0.6) is 5.75 Å². The van der Waals surface area contributed by atoms with E-state index in [1.54, 1.807) is 0 Å². The number of nitrogens with zero attached hydrogens (tertiary/aromatic N) is 1.